The lowest BCUT2D eigenvalue weighted by Gasteiger charge is -2.15. The molecule has 12 heavy (non-hydrogen) atoms. The van der Waals surface area contributed by atoms with Gasteiger partial charge in [0.05, 0.1) is 7.11 Å². The monoisotopic (exact) mass is 193 g/mol. The van der Waals surface area contributed by atoms with Gasteiger partial charge in [0.1, 0.15) is 6.04 Å². The van der Waals surface area contributed by atoms with E-state index in [1.807, 2.05) is 4.67 Å². The summed E-state index contributed by atoms with van der Waals surface area (Å²) in [5.74, 6) is -0.118. The summed E-state index contributed by atoms with van der Waals surface area (Å²) in [5, 5.41) is 7.00. The van der Waals surface area contributed by atoms with Crippen molar-refractivity contribution < 1.29 is 14.6 Å². The van der Waals surface area contributed by atoms with E-state index < -0.39 is 0 Å². The lowest BCUT2D eigenvalue weighted by molar-refractivity contribution is -0.144. The molecule has 4 nitrogen and oxygen atoms in total. The molecule has 1 unspecified atom stereocenters. The molecule has 0 saturated carbocycles. The second-order valence-electron chi connectivity index (χ2n) is 2.42. The van der Waals surface area contributed by atoms with Crippen LogP contribution in [0.2, 0.25) is 0 Å². The van der Waals surface area contributed by atoms with E-state index in [1.54, 1.807) is 0 Å². The largest absolute Gasteiger partial charge is 0.468 e. The minimum Gasteiger partial charge on any atom is -0.468 e. The quantitative estimate of drug-likeness (QED) is 0.471. The fourth-order valence-corrected chi connectivity index (χ4v) is 1.63. The van der Waals surface area contributed by atoms with Crippen LogP contribution in [0.4, 0.5) is 0 Å². The highest BCUT2D eigenvalue weighted by atomic mass is 31.0. The Morgan fingerprint density at radius 3 is 2.58 bits per heavy atom. The third-order valence-electron chi connectivity index (χ3n) is 1.77. The van der Waals surface area contributed by atoms with E-state index in [0.29, 0.717) is 0 Å². The zero-order valence-electron chi connectivity index (χ0n) is 7.49. The number of aliphatic hydroxyl groups is 1. The first-order valence-corrected chi connectivity index (χ1v) is 4.31. The molecule has 1 aliphatic rings. The minimum absolute atomic E-state index is 0.0185. The van der Waals surface area contributed by atoms with Gasteiger partial charge >= 0.3 is 5.97 Å². The number of aliphatic hydroxyl groups excluding tert-OH is 1. The summed E-state index contributed by atoms with van der Waals surface area (Å²) in [5.41, 5.74) is 0. The lowest BCUT2D eigenvalue weighted by Crippen LogP contribution is -2.29. The van der Waals surface area contributed by atoms with E-state index >= 15 is 0 Å². The van der Waals surface area contributed by atoms with E-state index in [0.717, 1.165) is 26.5 Å². The predicted molar refractivity (Wildman–Crippen MR) is 49.6 cm³/mol. The van der Waals surface area contributed by atoms with Crippen molar-refractivity contribution in [3.63, 3.8) is 0 Å². The van der Waals surface area contributed by atoms with Crippen LogP contribution < -0.4 is 0 Å². The van der Waals surface area contributed by atoms with E-state index in [9.17, 15) is 4.79 Å². The van der Waals surface area contributed by atoms with Crippen LogP contribution in [0.25, 0.3) is 0 Å². The summed E-state index contributed by atoms with van der Waals surface area (Å²) >= 11 is 0. The van der Waals surface area contributed by atoms with Crippen LogP contribution in [-0.2, 0) is 9.53 Å². The number of carbonyl (C=O) groups excluding carboxylic acids is 1. The number of methoxy groups -OCH3 is 1. The Kier molecular flexibility index (Phi) is 6.25. The third-order valence-corrected chi connectivity index (χ3v) is 2.39. The summed E-state index contributed by atoms with van der Waals surface area (Å²) < 4.78 is 6.56. The van der Waals surface area contributed by atoms with E-state index in [1.165, 1.54) is 7.11 Å². The summed E-state index contributed by atoms with van der Waals surface area (Å²) in [7, 11) is 4.97. The van der Waals surface area contributed by atoms with Crippen LogP contribution in [0, 0.1) is 0 Å². The molecule has 5 heteroatoms. The first-order valence-electron chi connectivity index (χ1n) is 3.79. The van der Waals surface area contributed by atoms with Gasteiger partial charge in [-0.1, -0.05) is 9.39 Å². The summed E-state index contributed by atoms with van der Waals surface area (Å²) in [4.78, 5) is 10.9. The molecule has 1 rings (SSSR count). The first-order chi connectivity index (χ1) is 5.75. The van der Waals surface area contributed by atoms with Gasteiger partial charge in [-0.2, -0.15) is 0 Å². The normalized spacial score (nSPS) is 22.8. The van der Waals surface area contributed by atoms with E-state index in [2.05, 4.69) is 14.1 Å². The maximum atomic E-state index is 10.9. The van der Waals surface area contributed by atoms with Crippen LogP contribution in [0.15, 0.2) is 0 Å². The Balaban J connectivity index is 0.000000561. The number of ether oxygens (including phenoxy) is 1. The highest BCUT2D eigenvalue weighted by molar-refractivity contribution is 7.13. The van der Waals surface area contributed by atoms with Gasteiger partial charge in [0.15, 0.2) is 0 Å². The molecule has 72 valence electrons. The molecule has 1 saturated heterocycles. The zero-order valence-corrected chi connectivity index (χ0v) is 8.64. The number of hydrogen-bond donors (Lipinski definition) is 1. The predicted octanol–water partition coefficient (Wildman–Crippen LogP) is 0.0224. The van der Waals surface area contributed by atoms with Crippen LogP contribution >= 0.6 is 9.39 Å². The molecule has 1 aliphatic heterocycles. The molecule has 0 aromatic rings. The Bertz CT molecular complexity index is 143. The Hall–Kier alpha value is -0.180. The minimum atomic E-state index is -0.118. The van der Waals surface area contributed by atoms with Crippen LogP contribution in [0.3, 0.4) is 0 Å². The maximum Gasteiger partial charge on any atom is 0.323 e. The Morgan fingerprint density at radius 1 is 1.67 bits per heavy atom. The zero-order chi connectivity index (χ0) is 9.56. The Labute approximate surface area is 75.1 Å². The van der Waals surface area contributed by atoms with Crippen molar-refractivity contribution in [3.8, 4) is 0 Å². The Morgan fingerprint density at radius 2 is 2.25 bits per heavy atom. The summed E-state index contributed by atoms with van der Waals surface area (Å²) in [6, 6.07) is -0.0185. The van der Waals surface area contributed by atoms with Gasteiger partial charge in [-0.3, -0.25) is 9.46 Å². The highest BCUT2D eigenvalue weighted by Gasteiger charge is 2.28. The van der Waals surface area contributed by atoms with Crippen molar-refractivity contribution in [2.75, 3.05) is 20.8 Å². The van der Waals surface area contributed by atoms with Gasteiger partial charge in [0.25, 0.3) is 0 Å². The third kappa shape index (κ3) is 3.05. The van der Waals surface area contributed by atoms with Crippen LogP contribution in [-0.4, -0.2) is 42.6 Å². The molecular formula is C7H16NO3P. The topological polar surface area (TPSA) is 49.8 Å². The number of nitrogens with zero attached hydrogens (tertiary/aromatic N) is 1. The summed E-state index contributed by atoms with van der Waals surface area (Å²) in [6.07, 6.45) is 2.01. The van der Waals surface area contributed by atoms with Gasteiger partial charge in [0.2, 0.25) is 0 Å². The van der Waals surface area contributed by atoms with Crippen molar-refractivity contribution in [1.29, 1.82) is 0 Å². The average Bonchev–Trinajstić information content (AvgIpc) is 2.54. The highest BCUT2D eigenvalue weighted by Crippen LogP contribution is 2.21. The molecule has 0 bridgehead atoms. The first kappa shape index (κ1) is 11.8. The van der Waals surface area contributed by atoms with E-state index in [-0.39, 0.29) is 12.0 Å². The number of hydrogen-bond acceptors (Lipinski definition) is 4. The molecule has 2 atom stereocenters. The van der Waals surface area contributed by atoms with E-state index in [4.69, 9.17) is 5.11 Å². The van der Waals surface area contributed by atoms with Gasteiger partial charge in [-0.05, 0) is 12.8 Å². The lowest BCUT2D eigenvalue weighted by atomic mass is 10.2. The molecule has 0 aromatic carbocycles. The van der Waals surface area contributed by atoms with Gasteiger partial charge in [0, 0.05) is 13.7 Å². The second-order valence-corrected chi connectivity index (χ2v) is 3.08. The van der Waals surface area contributed by atoms with Crippen LogP contribution in [0.5, 0.6) is 0 Å². The standard InChI is InChI=1S/C6H12NO2P.CH4O/c1-9-6(8)5-3-2-4-7(5)10;1-2/h5H,2-4,10H2,1H3;2H,1H3/t5-;/m0./s1. The molecule has 1 heterocycles. The molecule has 0 aliphatic carbocycles. The van der Waals surface area contributed by atoms with Gasteiger partial charge in [-0.25, -0.2) is 0 Å². The molecule has 1 fully saturated rings. The molecular weight excluding hydrogens is 177 g/mol. The number of carbonyl (C=O) groups is 1. The van der Waals surface area contributed by atoms with Crippen molar-refractivity contribution in [3.05, 3.63) is 0 Å². The fraction of sp³-hybridized carbons (Fsp3) is 0.857. The number of rotatable bonds is 1. The molecule has 0 amide bonds. The smallest absolute Gasteiger partial charge is 0.323 e. The van der Waals surface area contributed by atoms with Crippen LogP contribution in [0.1, 0.15) is 12.8 Å². The van der Waals surface area contributed by atoms with Gasteiger partial charge < -0.3 is 9.84 Å². The van der Waals surface area contributed by atoms with Crippen molar-refractivity contribution in [2.24, 2.45) is 0 Å². The van der Waals surface area contributed by atoms with Crippen molar-refractivity contribution in [1.82, 2.24) is 4.67 Å². The maximum absolute atomic E-state index is 10.9. The molecule has 0 radical (unpaired) electrons. The fourth-order valence-electron chi connectivity index (χ4n) is 1.18. The molecule has 0 aromatic heterocycles. The molecule has 1 N–H and O–H groups in total. The number of esters is 1. The SMILES string of the molecule is CO.COC(=O)[C@@H]1CCCN1P. The average molecular weight is 193 g/mol. The van der Waals surface area contributed by atoms with Crippen molar-refractivity contribution in [2.45, 2.75) is 18.9 Å². The van der Waals surface area contributed by atoms with Gasteiger partial charge in [-0.15, -0.1) is 0 Å². The second kappa shape index (κ2) is 6.35. The molecule has 0 spiro atoms. The van der Waals surface area contributed by atoms with Crippen molar-refractivity contribution >= 4 is 15.4 Å². The summed E-state index contributed by atoms with van der Waals surface area (Å²) in [6.45, 7) is 0.977.